The Kier molecular flexibility index (Phi) is 5.79. The Morgan fingerprint density at radius 3 is 2.62 bits per heavy atom. The number of methoxy groups -OCH3 is 1. The summed E-state index contributed by atoms with van der Waals surface area (Å²) in [5, 5.41) is 5.91. The van der Waals surface area contributed by atoms with Crippen molar-refractivity contribution in [2.75, 3.05) is 13.7 Å². The molecule has 1 aliphatic heterocycles. The first-order chi connectivity index (χ1) is 13.8. The van der Waals surface area contributed by atoms with Crippen LogP contribution in [0.1, 0.15) is 23.6 Å². The number of nitrogens with zero attached hydrogens (tertiary/aromatic N) is 1. The molecule has 0 aliphatic carbocycles. The molecule has 1 atom stereocenters. The lowest BCUT2D eigenvalue weighted by Crippen LogP contribution is -2.43. The van der Waals surface area contributed by atoms with Crippen LogP contribution in [0.2, 0.25) is 5.02 Å². The Morgan fingerprint density at radius 2 is 1.97 bits per heavy atom. The van der Waals surface area contributed by atoms with Gasteiger partial charge in [-0.2, -0.15) is 0 Å². The summed E-state index contributed by atoms with van der Waals surface area (Å²) in [5.74, 6) is -0.256. The average Bonchev–Trinajstić information content (AvgIpc) is 2.91. The zero-order valence-corrected chi connectivity index (χ0v) is 17.2. The number of nitrogens with one attached hydrogen (secondary N) is 2. The van der Waals surface area contributed by atoms with Crippen LogP contribution in [-0.2, 0) is 21.7 Å². The molecule has 1 aliphatic rings. The quantitative estimate of drug-likeness (QED) is 0.710. The van der Waals surface area contributed by atoms with Crippen molar-refractivity contribution >= 4 is 29.4 Å². The molecule has 4 amide bonds. The van der Waals surface area contributed by atoms with E-state index in [4.69, 9.17) is 16.3 Å². The third-order valence-electron chi connectivity index (χ3n) is 4.98. The number of hydrogen-bond donors (Lipinski definition) is 2. The van der Waals surface area contributed by atoms with Gasteiger partial charge in [0.1, 0.15) is 17.8 Å². The number of rotatable bonds is 6. The second-order valence-electron chi connectivity index (χ2n) is 7.00. The van der Waals surface area contributed by atoms with E-state index < -0.39 is 23.4 Å². The van der Waals surface area contributed by atoms with Crippen LogP contribution in [0.4, 0.5) is 4.79 Å². The number of carbonyl (C=O) groups is 3. The van der Waals surface area contributed by atoms with Gasteiger partial charge in [0.25, 0.3) is 5.91 Å². The Balaban J connectivity index is 1.70. The zero-order chi connectivity index (χ0) is 21.2. The highest BCUT2D eigenvalue weighted by molar-refractivity contribution is 6.31. The molecule has 0 bridgehead atoms. The van der Waals surface area contributed by atoms with Gasteiger partial charge in [0.15, 0.2) is 0 Å². The first kappa shape index (κ1) is 20.7. The van der Waals surface area contributed by atoms with Crippen LogP contribution in [0.15, 0.2) is 42.5 Å². The molecule has 1 fully saturated rings. The van der Waals surface area contributed by atoms with E-state index in [0.29, 0.717) is 16.3 Å². The first-order valence-corrected chi connectivity index (χ1v) is 9.43. The average molecular weight is 416 g/mol. The third kappa shape index (κ3) is 4.05. The summed E-state index contributed by atoms with van der Waals surface area (Å²) in [6, 6.07) is 11.8. The van der Waals surface area contributed by atoms with E-state index in [0.717, 1.165) is 16.0 Å². The fourth-order valence-electron chi connectivity index (χ4n) is 3.26. The van der Waals surface area contributed by atoms with E-state index >= 15 is 0 Å². The zero-order valence-electron chi connectivity index (χ0n) is 16.4. The number of carbonyl (C=O) groups excluding carboxylic acids is 3. The van der Waals surface area contributed by atoms with Crippen molar-refractivity contribution in [3.63, 3.8) is 0 Å². The van der Waals surface area contributed by atoms with E-state index in [2.05, 4.69) is 10.6 Å². The van der Waals surface area contributed by atoms with Crippen molar-refractivity contribution < 1.29 is 19.1 Å². The lowest BCUT2D eigenvalue weighted by molar-refractivity contribution is -0.134. The molecule has 2 aromatic carbocycles. The molecule has 0 saturated carbocycles. The molecule has 152 valence electrons. The van der Waals surface area contributed by atoms with Gasteiger partial charge in [-0.05, 0) is 48.7 Å². The Morgan fingerprint density at radius 1 is 1.24 bits per heavy atom. The van der Waals surface area contributed by atoms with Crippen molar-refractivity contribution in [2.24, 2.45) is 0 Å². The van der Waals surface area contributed by atoms with Gasteiger partial charge in [-0.1, -0.05) is 35.9 Å². The molecule has 29 heavy (non-hydrogen) atoms. The number of benzene rings is 2. The summed E-state index contributed by atoms with van der Waals surface area (Å²) in [6.45, 7) is 3.31. The number of imide groups is 1. The molecule has 0 aromatic heterocycles. The molecule has 1 heterocycles. The highest BCUT2D eigenvalue weighted by Crippen LogP contribution is 2.31. The molecule has 2 aromatic rings. The predicted octanol–water partition coefficient (Wildman–Crippen LogP) is 2.74. The van der Waals surface area contributed by atoms with E-state index in [1.807, 2.05) is 13.0 Å². The van der Waals surface area contributed by atoms with Gasteiger partial charge in [0, 0.05) is 11.6 Å². The highest BCUT2D eigenvalue weighted by atomic mass is 35.5. The molecule has 0 radical (unpaired) electrons. The summed E-state index contributed by atoms with van der Waals surface area (Å²) < 4.78 is 5.24. The maximum atomic E-state index is 13.0. The maximum Gasteiger partial charge on any atom is 0.325 e. The Hall–Kier alpha value is -3.06. The number of hydrogen-bond acceptors (Lipinski definition) is 4. The minimum absolute atomic E-state index is 0.205. The Bertz CT molecular complexity index is 978. The summed E-state index contributed by atoms with van der Waals surface area (Å²) >= 11 is 6.08. The molecular formula is C21H22ClN3O4. The van der Waals surface area contributed by atoms with Crippen molar-refractivity contribution in [1.29, 1.82) is 0 Å². The van der Waals surface area contributed by atoms with Gasteiger partial charge in [0.2, 0.25) is 5.91 Å². The van der Waals surface area contributed by atoms with Crippen molar-refractivity contribution in [3.05, 3.63) is 64.2 Å². The van der Waals surface area contributed by atoms with Crippen LogP contribution in [0.3, 0.4) is 0 Å². The second-order valence-corrected chi connectivity index (χ2v) is 7.41. The van der Waals surface area contributed by atoms with Crippen LogP contribution in [0.5, 0.6) is 5.75 Å². The highest BCUT2D eigenvalue weighted by Gasteiger charge is 2.49. The van der Waals surface area contributed by atoms with Crippen LogP contribution in [-0.4, -0.2) is 36.4 Å². The van der Waals surface area contributed by atoms with E-state index in [-0.39, 0.29) is 13.1 Å². The SMILES string of the molecule is COc1ccc(C2(C)NC(=O)N(CC(=O)NCc3ccccc3Cl)C2=O)cc1C. The molecule has 2 N–H and O–H groups in total. The lowest BCUT2D eigenvalue weighted by Gasteiger charge is -2.23. The third-order valence-corrected chi connectivity index (χ3v) is 5.35. The molecule has 1 saturated heterocycles. The molecule has 7 nitrogen and oxygen atoms in total. The smallest absolute Gasteiger partial charge is 0.325 e. The lowest BCUT2D eigenvalue weighted by atomic mass is 9.90. The van der Waals surface area contributed by atoms with Crippen molar-refractivity contribution in [1.82, 2.24) is 15.5 Å². The first-order valence-electron chi connectivity index (χ1n) is 9.05. The van der Waals surface area contributed by atoms with Crippen LogP contribution in [0.25, 0.3) is 0 Å². The normalized spacial score (nSPS) is 18.6. The summed E-state index contributed by atoms with van der Waals surface area (Å²) in [7, 11) is 1.56. The van der Waals surface area contributed by atoms with Crippen molar-refractivity contribution in [2.45, 2.75) is 25.9 Å². The molecular weight excluding hydrogens is 394 g/mol. The van der Waals surface area contributed by atoms with Crippen molar-refractivity contribution in [3.8, 4) is 5.75 Å². The van der Waals surface area contributed by atoms with Crippen LogP contribution in [0, 0.1) is 6.92 Å². The summed E-state index contributed by atoms with van der Waals surface area (Å²) in [4.78, 5) is 38.6. The number of ether oxygens (including phenoxy) is 1. The number of urea groups is 1. The van der Waals surface area contributed by atoms with Gasteiger partial charge >= 0.3 is 6.03 Å². The second kappa shape index (κ2) is 8.13. The number of amides is 4. The van der Waals surface area contributed by atoms with Crippen LogP contribution < -0.4 is 15.4 Å². The fraction of sp³-hybridized carbons (Fsp3) is 0.286. The van der Waals surface area contributed by atoms with Crippen LogP contribution >= 0.6 is 11.6 Å². The topological polar surface area (TPSA) is 87.7 Å². The maximum absolute atomic E-state index is 13.0. The number of halogens is 1. The molecule has 3 rings (SSSR count). The van der Waals surface area contributed by atoms with E-state index in [1.54, 1.807) is 50.4 Å². The fourth-order valence-corrected chi connectivity index (χ4v) is 3.46. The molecule has 1 unspecified atom stereocenters. The summed E-state index contributed by atoms with van der Waals surface area (Å²) in [5.41, 5.74) is 0.951. The van der Waals surface area contributed by atoms with Gasteiger partial charge in [-0.15, -0.1) is 0 Å². The van der Waals surface area contributed by atoms with Gasteiger partial charge in [0.05, 0.1) is 7.11 Å². The minimum Gasteiger partial charge on any atom is -0.496 e. The van der Waals surface area contributed by atoms with Gasteiger partial charge in [-0.3, -0.25) is 14.5 Å². The minimum atomic E-state index is -1.25. The standard InChI is InChI=1S/C21H22ClN3O4/c1-13-10-15(8-9-17(13)29-3)21(2)19(27)25(20(28)24-21)12-18(26)23-11-14-6-4-5-7-16(14)22/h4-10H,11-12H2,1-3H3,(H,23,26)(H,24,28). The Labute approximate surface area is 174 Å². The largest absolute Gasteiger partial charge is 0.496 e. The monoisotopic (exact) mass is 415 g/mol. The molecule has 8 heteroatoms. The number of aryl methyl sites for hydroxylation is 1. The summed E-state index contributed by atoms with van der Waals surface area (Å²) in [6.07, 6.45) is 0. The molecule has 0 spiro atoms. The predicted molar refractivity (Wildman–Crippen MR) is 109 cm³/mol. The van der Waals surface area contributed by atoms with E-state index in [9.17, 15) is 14.4 Å². The van der Waals surface area contributed by atoms with Gasteiger partial charge in [-0.25, -0.2) is 4.79 Å². The van der Waals surface area contributed by atoms with Gasteiger partial charge < -0.3 is 15.4 Å². The van der Waals surface area contributed by atoms with E-state index in [1.165, 1.54) is 0 Å².